The van der Waals surface area contributed by atoms with Crippen LogP contribution in [0.2, 0.25) is 5.02 Å². The normalized spacial score (nSPS) is 10.1. The number of nitrogens with one attached hydrogen (secondary N) is 1. The molecule has 0 heterocycles. The van der Waals surface area contributed by atoms with E-state index in [1.54, 1.807) is 42.5 Å². The standard InChI is InChI=1S/C19H20ClNO5/c1-13-11-16(26-12-19(23)24-2)7-8-17(13)21-18(22)9-10-25-15-5-3-14(20)4-6-15/h3-8,11H,9-10,12H2,1-2H3,(H,21,22). The predicted molar refractivity (Wildman–Crippen MR) is 98.9 cm³/mol. The van der Waals surface area contributed by atoms with Crippen molar-refractivity contribution in [2.45, 2.75) is 13.3 Å². The monoisotopic (exact) mass is 377 g/mol. The fourth-order valence-electron chi connectivity index (χ4n) is 2.07. The molecule has 6 nitrogen and oxygen atoms in total. The SMILES string of the molecule is COC(=O)COc1ccc(NC(=O)CCOc2ccc(Cl)cc2)c(C)c1. The largest absolute Gasteiger partial charge is 0.493 e. The van der Waals surface area contributed by atoms with E-state index in [9.17, 15) is 9.59 Å². The van der Waals surface area contributed by atoms with Gasteiger partial charge in [-0.1, -0.05) is 11.6 Å². The first-order valence-electron chi connectivity index (χ1n) is 7.96. The molecule has 0 saturated carbocycles. The van der Waals surface area contributed by atoms with Crippen molar-refractivity contribution in [3.05, 3.63) is 53.1 Å². The molecule has 26 heavy (non-hydrogen) atoms. The number of esters is 1. The van der Waals surface area contributed by atoms with Gasteiger partial charge in [0.2, 0.25) is 5.91 Å². The molecule has 2 aromatic carbocycles. The van der Waals surface area contributed by atoms with Gasteiger partial charge in [0.25, 0.3) is 0 Å². The van der Waals surface area contributed by atoms with Crippen molar-refractivity contribution in [2.75, 3.05) is 25.6 Å². The minimum atomic E-state index is -0.458. The molecule has 0 unspecified atom stereocenters. The molecule has 0 bridgehead atoms. The highest BCUT2D eigenvalue weighted by atomic mass is 35.5. The van der Waals surface area contributed by atoms with E-state index in [4.69, 9.17) is 21.1 Å². The number of amides is 1. The zero-order chi connectivity index (χ0) is 18.9. The zero-order valence-electron chi connectivity index (χ0n) is 14.6. The number of rotatable bonds is 8. The summed E-state index contributed by atoms with van der Waals surface area (Å²) in [6.07, 6.45) is 0.211. The molecule has 2 rings (SSSR count). The number of halogens is 1. The van der Waals surface area contributed by atoms with Crippen molar-refractivity contribution in [3.63, 3.8) is 0 Å². The first kappa shape index (κ1) is 19.6. The van der Waals surface area contributed by atoms with Gasteiger partial charge in [0, 0.05) is 10.7 Å². The van der Waals surface area contributed by atoms with Crippen LogP contribution in [0.25, 0.3) is 0 Å². The van der Waals surface area contributed by atoms with Crippen molar-refractivity contribution in [2.24, 2.45) is 0 Å². The Bertz CT molecular complexity index is 761. The number of ether oxygens (including phenoxy) is 3. The van der Waals surface area contributed by atoms with Crippen LogP contribution in [-0.2, 0) is 14.3 Å². The molecule has 1 N–H and O–H groups in total. The van der Waals surface area contributed by atoms with Crippen molar-refractivity contribution in [1.29, 1.82) is 0 Å². The van der Waals surface area contributed by atoms with Crippen LogP contribution in [0.15, 0.2) is 42.5 Å². The predicted octanol–water partition coefficient (Wildman–Crippen LogP) is 3.61. The van der Waals surface area contributed by atoms with Gasteiger partial charge < -0.3 is 19.5 Å². The first-order valence-corrected chi connectivity index (χ1v) is 8.34. The molecule has 1 amide bonds. The molecule has 0 aliphatic heterocycles. The van der Waals surface area contributed by atoms with Gasteiger partial charge in [-0.05, 0) is 55.0 Å². The van der Waals surface area contributed by atoms with Gasteiger partial charge in [-0.2, -0.15) is 0 Å². The molecular formula is C19H20ClNO5. The summed E-state index contributed by atoms with van der Waals surface area (Å²) in [5, 5.41) is 3.45. The Balaban J connectivity index is 1.80. The third-order valence-electron chi connectivity index (χ3n) is 3.47. The summed E-state index contributed by atoms with van der Waals surface area (Å²) < 4.78 is 15.3. The molecule has 138 valence electrons. The number of anilines is 1. The third-order valence-corrected chi connectivity index (χ3v) is 3.72. The second-order valence-electron chi connectivity index (χ2n) is 5.44. The average Bonchev–Trinajstić information content (AvgIpc) is 2.63. The fourth-order valence-corrected chi connectivity index (χ4v) is 2.20. The second kappa shape index (κ2) is 9.68. The van der Waals surface area contributed by atoms with Gasteiger partial charge in [0.05, 0.1) is 20.1 Å². The maximum atomic E-state index is 12.0. The Morgan fingerprint density at radius 2 is 1.73 bits per heavy atom. The van der Waals surface area contributed by atoms with Crippen LogP contribution in [0.1, 0.15) is 12.0 Å². The lowest BCUT2D eigenvalue weighted by Crippen LogP contribution is -2.16. The second-order valence-corrected chi connectivity index (χ2v) is 5.88. The smallest absolute Gasteiger partial charge is 0.343 e. The van der Waals surface area contributed by atoms with Crippen LogP contribution in [0.5, 0.6) is 11.5 Å². The van der Waals surface area contributed by atoms with E-state index in [0.717, 1.165) is 5.56 Å². The molecule has 0 aromatic heterocycles. The molecule has 2 aromatic rings. The Labute approximate surface area is 157 Å². The molecule has 0 aliphatic rings. The van der Waals surface area contributed by atoms with Crippen LogP contribution in [0.4, 0.5) is 5.69 Å². The molecule has 0 saturated heterocycles. The highest BCUT2D eigenvalue weighted by molar-refractivity contribution is 6.30. The van der Waals surface area contributed by atoms with Gasteiger partial charge in [0.15, 0.2) is 6.61 Å². The number of benzene rings is 2. The Kier molecular flexibility index (Phi) is 7.29. The highest BCUT2D eigenvalue weighted by Crippen LogP contribution is 2.22. The van der Waals surface area contributed by atoms with Crippen LogP contribution >= 0.6 is 11.6 Å². The number of carbonyl (C=O) groups is 2. The quantitative estimate of drug-likeness (QED) is 0.711. The Hall–Kier alpha value is -2.73. The van der Waals surface area contributed by atoms with E-state index in [1.807, 2.05) is 6.92 Å². The van der Waals surface area contributed by atoms with Crippen molar-refractivity contribution < 1.29 is 23.8 Å². The maximum Gasteiger partial charge on any atom is 0.343 e. The van der Waals surface area contributed by atoms with Crippen molar-refractivity contribution in [3.8, 4) is 11.5 Å². The van der Waals surface area contributed by atoms with Gasteiger partial charge >= 0.3 is 5.97 Å². The third kappa shape index (κ3) is 6.29. The lowest BCUT2D eigenvalue weighted by Gasteiger charge is -2.11. The molecule has 0 fully saturated rings. The summed E-state index contributed by atoms with van der Waals surface area (Å²) in [7, 11) is 1.30. The lowest BCUT2D eigenvalue weighted by molar-refractivity contribution is -0.142. The van der Waals surface area contributed by atoms with E-state index in [0.29, 0.717) is 22.2 Å². The minimum absolute atomic E-state index is 0.162. The van der Waals surface area contributed by atoms with E-state index in [1.165, 1.54) is 7.11 Å². The summed E-state index contributed by atoms with van der Waals surface area (Å²) >= 11 is 5.80. The van der Waals surface area contributed by atoms with E-state index < -0.39 is 5.97 Å². The summed E-state index contributed by atoms with van der Waals surface area (Å²) in [5.74, 6) is 0.563. The van der Waals surface area contributed by atoms with Gasteiger partial charge in [-0.3, -0.25) is 4.79 Å². The van der Waals surface area contributed by atoms with E-state index in [2.05, 4.69) is 10.1 Å². The lowest BCUT2D eigenvalue weighted by atomic mass is 10.2. The molecular weight excluding hydrogens is 358 g/mol. The van der Waals surface area contributed by atoms with Crippen LogP contribution in [0.3, 0.4) is 0 Å². The minimum Gasteiger partial charge on any atom is -0.493 e. The number of carbonyl (C=O) groups excluding carboxylic acids is 2. The summed E-state index contributed by atoms with van der Waals surface area (Å²) in [4.78, 5) is 23.1. The van der Waals surface area contributed by atoms with E-state index >= 15 is 0 Å². The number of methoxy groups -OCH3 is 1. The highest BCUT2D eigenvalue weighted by Gasteiger charge is 2.08. The molecule has 7 heteroatoms. The van der Waals surface area contributed by atoms with Crippen LogP contribution < -0.4 is 14.8 Å². The number of hydrogen-bond acceptors (Lipinski definition) is 5. The number of hydrogen-bond donors (Lipinski definition) is 1. The van der Waals surface area contributed by atoms with Crippen molar-refractivity contribution >= 4 is 29.2 Å². The summed E-state index contributed by atoms with van der Waals surface area (Å²) in [6.45, 7) is 1.93. The zero-order valence-corrected chi connectivity index (χ0v) is 15.3. The van der Waals surface area contributed by atoms with E-state index in [-0.39, 0.29) is 25.5 Å². The van der Waals surface area contributed by atoms with Crippen LogP contribution in [0, 0.1) is 6.92 Å². The van der Waals surface area contributed by atoms with Crippen molar-refractivity contribution in [1.82, 2.24) is 0 Å². The molecule has 0 spiro atoms. The molecule has 0 radical (unpaired) electrons. The van der Waals surface area contributed by atoms with Crippen LogP contribution in [-0.4, -0.2) is 32.2 Å². The Morgan fingerprint density at radius 3 is 2.38 bits per heavy atom. The Morgan fingerprint density at radius 1 is 1.04 bits per heavy atom. The van der Waals surface area contributed by atoms with Gasteiger partial charge in [-0.25, -0.2) is 4.79 Å². The van der Waals surface area contributed by atoms with Gasteiger partial charge in [-0.15, -0.1) is 0 Å². The topological polar surface area (TPSA) is 73.9 Å². The number of aryl methyl sites for hydroxylation is 1. The average molecular weight is 378 g/mol. The van der Waals surface area contributed by atoms with Gasteiger partial charge in [0.1, 0.15) is 11.5 Å². The maximum absolute atomic E-state index is 12.0. The summed E-state index contributed by atoms with van der Waals surface area (Å²) in [6, 6.07) is 12.1. The molecule has 0 aliphatic carbocycles. The summed E-state index contributed by atoms with van der Waals surface area (Å²) in [5.41, 5.74) is 1.49. The first-order chi connectivity index (χ1) is 12.5. The molecule has 0 atom stereocenters. The fraction of sp³-hybridized carbons (Fsp3) is 0.263.